The Balaban J connectivity index is 0.00000243. The van der Waals surface area contributed by atoms with Gasteiger partial charge in [-0.3, -0.25) is 4.79 Å². The van der Waals surface area contributed by atoms with Gasteiger partial charge >= 0.3 is 0 Å². The first-order chi connectivity index (χ1) is 12.2. The third-order valence-electron chi connectivity index (χ3n) is 5.15. The summed E-state index contributed by atoms with van der Waals surface area (Å²) in [6, 6.07) is 14.6. The normalized spacial score (nSPS) is 19.2. The molecule has 142 valence electrons. The Labute approximate surface area is 167 Å². The van der Waals surface area contributed by atoms with Crippen LogP contribution >= 0.6 is 23.7 Å². The van der Waals surface area contributed by atoms with Gasteiger partial charge < -0.3 is 10.6 Å². The van der Waals surface area contributed by atoms with Crippen LogP contribution in [0.4, 0.5) is 0 Å². The van der Waals surface area contributed by atoms with E-state index < -0.39 is 0 Å². The minimum absolute atomic E-state index is 0. The molecule has 1 aliphatic heterocycles. The predicted molar refractivity (Wildman–Crippen MR) is 112 cm³/mol. The van der Waals surface area contributed by atoms with Crippen molar-refractivity contribution in [2.45, 2.75) is 38.6 Å². The molecule has 3 rings (SSSR count). The summed E-state index contributed by atoms with van der Waals surface area (Å²) in [6.45, 7) is 4.38. The smallest absolute Gasteiger partial charge is 0.220 e. The third-order valence-corrected chi connectivity index (χ3v) is 6.14. The summed E-state index contributed by atoms with van der Waals surface area (Å²) in [7, 11) is 0. The molecule has 26 heavy (non-hydrogen) atoms. The highest BCUT2D eigenvalue weighted by atomic mass is 35.5. The molecule has 1 aromatic carbocycles. The second-order valence-electron chi connectivity index (χ2n) is 7.11. The first-order valence-corrected chi connectivity index (χ1v) is 10.2. The van der Waals surface area contributed by atoms with Crippen LogP contribution < -0.4 is 10.6 Å². The molecule has 1 fully saturated rings. The van der Waals surface area contributed by atoms with Gasteiger partial charge in [0.2, 0.25) is 5.91 Å². The van der Waals surface area contributed by atoms with Crippen molar-refractivity contribution in [2.75, 3.05) is 13.1 Å². The van der Waals surface area contributed by atoms with Crippen LogP contribution in [0, 0.1) is 11.8 Å². The van der Waals surface area contributed by atoms with Gasteiger partial charge in [0.15, 0.2) is 0 Å². The van der Waals surface area contributed by atoms with E-state index in [0.29, 0.717) is 18.3 Å². The summed E-state index contributed by atoms with van der Waals surface area (Å²) >= 11 is 1.71. The van der Waals surface area contributed by atoms with E-state index in [-0.39, 0.29) is 24.4 Å². The summed E-state index contributed by atoms with van der Waals surface area (Å²) in [5.41, 5.74) is 1.26. The number of carbonyl (C=O) groups excluding carboxylic acids is 1. The minimum atomic E-state index is 0. The average molecular weight is 393 g/mol. The number of amides is 1. The Hall–Kier alpha value is -1.36. The molecule has 2 aromatic rings. The molecule has 0 saturated carbocycles. The van der Waals surface area contributed by atoms with Crippen molar-refractivity contribution in [3.8, 4) is 0 Å². The number of carbonyl (C=O) groups is 1. The highest BCUT2D eigenvalue weighted by Crippen LogP contribution is 2.25. The maximum atomic E-state index is 12.7. The van der Waals surface area contributed by atoms with Gasteiger partial charge in [-0.05, 0) is 61.2 Å². The minimum Gasteiger partial charge on any atom is -0.348 e. The lowest BCUT2D eigenvalue weighted by Gasteiger charge is -2.28. The Morgan fingerprint density at radius 2 is 2.08 bits per heavy atom. The van der Waals surface area contributed by atoms with E-state index in [1.165, 1.54) is 23.3 Å². The summed E-state index contributed by atoms with van der Waals surface area (Å²) in [4.78, 5) is 13.9. The second kappa shape index (κ2) is 10.7. The molecule has 0 aliphatic carbocycles. The standard InChI is InChI=1S/C21H28N2OS.ClH/c1-16(18-9-5-11-22-15-18)13-21(24)23-19(20-10-6-12-25-20)14-17-7-3-2-4-8-17;/h2-4,6-8,10,12,16,18-19,22H,5,9,11,13-15H2,1H3,(H,23,24);1H. The van der Waals surface area contributed by atoms with Crippen LogP contribution in [0.5, 0.6) is 0 Å². The zero-order valence-corrected chi connectivity index (χ0v) is 17.0. The number of rotatable bonds is 7. The van der Waals surface area contributed by atoms with Crippen molar-refractivity contribution < 1.29 is 4.79 Å². The van der Waals surface area contributed by atoms with Gasteiger partial charge in [0.1, 0.15) is 0 Å². The highest BCUT2D eigenvalue weighted by molar-refractivity contribution is 7.10. The molecule has 1 amide bonds. The van der Waals surface area contributed by atoms with E-state index in [1.54, 1.807) is 11.3 Å². The molecule has 5 heteroatoms. The van der Waals surface area contributed by atoms with Crippen molar-refractivity contribution in [3.05, 3.63) is 58.3 Å². The van der Waals surface area contributed by atoms with Gasteiger partial charge in [-0.1, -0.05) is 43.3 Å². The molecule has 3 unspecified atom stereocenters. The van der Waals surface area contributed by atoms with E-state index in [1.807, 2.05) is 6.07 Å². The van der Waals surface area contributed by atoms with E-state index in [9.17, 15) is 4.79 Å². The maximum absolute atomic E-state index is 12.7. The van der Waals surface area contributed by atoms with Crippen LogP contribution in [-0.2, 0) is 11.2 Å². The van der Waals surface area contributed by atoms with Crippen LogP contribution in [0.25, 0.3) is 0 Å². The Bertz CT molecular complexity index is 641. The van der Waals surface area contributed by atoms with Crippen LogP contribution in [0.3, 0.4) is 0 Å². The molecule has 2 heterocycles. The molecular weight excluding hydrogens is 364 g/mol. The number of benzene rings is 1. The fraction of sp³-hybridized carbons (Fsp3) is 0.476. The molecule has 3 nitrogen and oxygen atoms in total. The fourth-order valence-electron chi connectivity index (χ4n) is 3.64. The number of hydrogen-bond donors (Lipinski definition) is 2. The van der Waals surface area contributed by atoms with Gasteiger partial charge in [0, 0.05) is 11.3 Å². The number of piperidine rings is 1. The molecule has 0 bridgehead atoms. The zero-order chi connectivity index (χ0) is 17.5. The van der Waals surface area contributed by atoms with Crippen molar-refractivity contribution in [1.82, 2.24) is 10.6 Å². The molecular formula is C21H29ClN2OS. The highest BCUT2D eigenvalue weighted by Gasteiger charge is 2.23. The monoisotopic (exact) mass is 392 g/mol. The quantitative estimate of drug-likeness (QED) is 0.723. The van der Waals surface area contributed by atoms with Crippen LogP contribution in [-0.4, -0.2) is 19.0 Å². The van der Waals surface area contributed by atoms with Crippen LogP contribution in [0.1, 0.15) is 42.7 Å². The van der Waals surface area contributed by atoms with E-state index in [0.717, 1.165) is 19.5 Å². The predicted octanol–water partition coefficient (Wildman–Crippen LogP) is 4.60. The Morgan fingerprint density at radius 1 is 1.27 bits per heavy atom. The number of hydrogen-bond acceptors (Lipinski definition) is 3. The van der Waals surface area contributed by atoms with Gasteiger partial charge in [-0.15, -0.1) is 23.7 Å². The Kier molecular flexibility index (Phi) is 8.63. The Morgan fingerprint density at radius 3 is 2.73 bits per heavy atom. The zero-order valence-electron chi connectivity index (χ0n) is 15.3. The molecule has 0 radical (unpaired) electrons. The average Bonchev–Trinajstić information content (AvgIpc) is 3.17. The second-order valence-corrected chi connectivity index (χ2v) is 8.09. The lowest BCUT2D eigenvalue weighted by atomic mass is 9.85. The summed E-state index contributed by atoms with van der Waals surface area (Å²) in [5, 5.41) is 8.82. The van der Waals surface area contributed by atoms with Gasteiger partial charge in [0.05, 0.1) is 6.04 Å². The van der Waals surface area contributed by atoms with Crippen LogP contribution in [0.15, 0.2) is 47.8 Å². The number of nitrogens with one attached hydrogen (secondary N) is 2. The summed E-state index contributed by atoms with van der Waals surface area (Å²) < 4.78 is 0. The van der Waals surface area contributed by atoms with E-state index >= 15 is 0 Å². The molecule has 1 aliphatic rings. The van der Waals surface area contributed by atoms with Crippen molar-refractivity contribution in [1.29, 1.82) is 0 Å². The van der Waals surface area contributed by atoms with E-state index in [2.05, 4.69) is 59.3 Å². The van der Waals surface area contributed by atoms with E-state index in [4.69, 9.17) is 0 Å². The molecule has 1 saturated heterocycles. The first kappa shape index (κ1) is 20.9. The fourth-order valence-corrected chi connectivity index (χ4v) is 4.42. The van der Waals surface area contributed by atoms with Crippen molar-refractivity contribution in [3.63, 3.8) is 0 Å². The topological polar surface area (TPSA) is 41.1 Å². The SMILES string of the molecule is CC(CC(=O)NC(Cc1ccccc1)c1cccs1)C1CCCNC1.Cl. The number of halogens is 1. The molecule has 3 atom stereocenters. The summed E-state index contributed by atoms with van der Waals surface area (Å²) in [5.74, 6) is 1.22. The van der Waals surface area contributed by atoms with Gasteiger partial charge in [0.25, 0.3) is 0 Å². The third kappa shape index (κ3) is 6.11. The molecule has 0 spiro atoms. The van der Waals surface area contributed by atoms with Crippen molar-refractivity contribution >= 4 is 29.7 Å². The van der Waals surface area contributed by atoms with Crippen LogP contribution in [0.2, 0.25) is 0 Å². The first-order valence-electron chi connectivity index (χ1n) is 9.30. The largest absolute Gasteiger partial charge is 0.348 e. The lowest BCUT2D eigenvalue weighted by Crippen LogP contribution is -2.36. The van der Waals surface area contributed by atoms with Gasteiger partial charge in [-0.2, -0.15) is 0 Å². The maximum Gasteiger partial charge on any atom is 0.220 e. The number of thiophene rings is 1. The summed E-state index contributed by atoms with van der Waals surface area (Å²) in [6.07, 6.45) is 3.91. The van der Waals surface area contributed by atoms with Crippen molar-refractivity contribution in [2.24, 2.45) is 11.8 Å². The molecule has 2 N–H and O–H groups in total. The molecule has 1 aromatic heterocycles. The van der Waals surface area contributed by atoms with Gasteiger partial charge in [-0.25, -0.2) is 0 Å². The lowest BCUT2D eigenvalue weighted by molar-refractivity contribution is -0.123.